The monoisotopic (exact) mass is 1020 g/mol. The molecule has 0 aliphatic heterocycles. The number of hydrogen-bond acceptors (Lipinski definition) is 7. The summed E-state index contributed by atoms with van der Waals surface area (Å²) < 4.78 is 22.8. The quantitative estimate of drug-likeness (QED) is 0.0211. The van der Waals surface area contributed by atoms with Crippen molar-refractivity contribution >= 4 is 17.9 Å². The van der Waals surface area contributed by atoms with Gasteiger partial charge in [-0.1, -0.05) is 239 Å². The average Bonchev–Trinajstić information content (AvgIpc) is 3.36. The van der Waals surface area contributed by atoms with Gasteiger partial charge in [0.25, 0.3) is 6.29 Å². The van der Waals surface area contributed by atoms with Crippen molar-refractivity contribution in [2.45, 2.75) is 245 Å². The Labute approximate surface area is 448 Å². The van der Waals surface area contributed by atoms with Crippen molar-refractivity contribution in [3.05, 3.63) is 97.2 Å². The lowest BCUT2D eigenvalue weighted by atomic mass is 10.0. The number of ether oxygens (including phenoxy) is 4. The molecule has 0 fully saturated rings. The zero-order valence-electron chi connectivity index (χ0n) is 47.5. The predicted molar refractivity (Wildman–Crippen MR) is 309 cm³/mol. The molecule has 0 rings (SSSR count). The largest absolute Gasteiger partial charge is 0.477 e. The molecule has 0 aliphatic carbocycles. The molecule has 0 bridgehead atoms. The molecule has 0 radical (unpaired) electrons. The van der Waals surface area contributed by atoms with Crippen molar-refractivity contribution in [3.63, 3.8) is 0 Å². The number of likely N-dealkylation sites (N-methyl/N-ethyl adjacent to an activating group) is 1. The highest BCUT2D eigenvalue weighted by molar-refractivity contribution is 5.71. The van der Waals surface area contributed by atoms with Crippen LogP contribution in [0.5, 0.6) is 0 Å². The number of aliphatic carboxylic acids is 1. The van der Waals surface area contributed by atoms with Gasteiger partial charge in [0.15, 0.2) is 6.10 Å². The van der Waals surface area contributed by atoms with E-state index in [0.29, 0.717) is 23.9 Å². The molecule has 73 heavy (non-hydrogen) atoms. The molecular formula is C64H110NO8+. The minimum Gasteiger partial charge on any atom is -0.477 e. The van der Waals surface area contributed by atoms with Crippen molar-refractivity contribution in [2.24, 2.45) is 0 Å². The summed E-state index contributed by atoms with van der Waals surface area (Å²) in [6.45, 7) is 4.75. The molecule has 2 unspecified atom stereocenters. The Morgan fingerprint density at radius 2 is 0.781 bits per heavy atom. The van der Waals surface area contributed by atoms with Gasteiger partial charge >= 0.3 is 17.9 Å². The van der Waals surface area contributed by atoms with Gasteiger partial charge in [0.1, 0.15) is 13.2 Å². The van der Waals surface area contributed by atoms with E-state index >= 15 is 0 Å². The van der Waals surface area contributed by atoms with Crippen LogP contribution in [0.2, 0.25) is 0 Å². The third-order valence-electron chi connectivity index (χ3n) is 12.4. The minimum absolute atomic E-state index is 0.184. The Bertz CT molecular complexity index is 1520. The van der Waals surface area contributed by atoms with Crippen LogP contribution >= 0.6 is 0 Å². The standard InChI is InChI=1S/C64H109NO8/c1-6-8-10-12-14-16-18-20-21-22-23-24-25-26-27-28-29-30-31-32-33-34-35-36-37-38-39-40-41-43-45-47-49-51-53-55-62(67)73-60(59-72-64(63(68)69)70-57-56-65(3,4)5)58-71-61(66)54-52-50-48-46-44-42-19-17-15-13-11-9-7-2/h8,10,14,16,20-21,23-24,26-27,29-30,32-33,35-36,60,64H,6-7,9,11-13,15,17-19,22,25,28,31,34,37-59H2,1-5H3/p+1/b10-8-,16-14-,21-20-,24-23-,27-26-,30-29-,33-32-,36-35-. The molecule has 2 atom stereocenters. The van der Waals surface area contributed by atoms with Crippen molar-refractivity contribution in [1.29, 1.82) is 0 Å². The van der Waals surface area contributed by atoms with Crippen LogP contribution in [0.25, 0.3) is 0 Å². The van der Waals surface area contributed by atoms with Crippen LogP contribution in [-0.2, 0) is 33.3 Å². The Morgan fingerprint density at radius 3 is 1.16 bits per heavy atom. The average molecular weight is 1020 g/mol. The number of hydrogen-bond donors (Lipinski definition) is 1. The third-order valence-corrected chi connectivity index (χ3v) is 12.4. The van der Waals surface area contributed by atoms with Gasteiger partial charge in [0.2, 0.25) is 0 Å². The van der Waals surface area contributed by atoms with E-state index in [1.165, 1.54) is 103 Å². The molecule has 0 heterocycles. The summed E-state index contributed by atoms with van der Waals surface area (Å²) >= 11 is 0. The first-order chi connectivity index (χ1) is 35.6. The zero-order chi connectivity index (χ0) is 53.4. The molecule has 0 aromatic rings. The molecule has 0 aromatic heterocycles. The molecule has 0 saturated heterocycles. The maximum atomic E-state index is 12.9. The van der Waals surface area contributed by atoms with E-state index in [2.05, 4.69) is 111 Å². The Balaban J connectivity index is 4.17. The Hall–Kier alpha value is -3.79. The van der Waals surface area contributed by atoms with Gasteiger partial charge in [-0.25, -0.2) is 4.79 Å². The van der Waals surface area contributed by atoms with Gasteiger partial charge in [-0.2, -0.15) is 0 Å². The molecule has 0 spiro atoms. The lowest BCUT2D eigenvalue weighted by Gasteiger charge is -2.25. The number of carboxylic acids is 1. The first-order valence-corrected chi connectivity index (χ1v) is 29.4. The Morgan fingerprint density at radius 1 is 0.425 bits per heavy atom. The van der Waals surface area contributed by atoms with E-state index in [-0.39, 0.29) is 32.2 Å². The van der Waals surface area contributed by atoms with Crippen molar-refractivity contribution in [3.8, 4) is 0 Å². The smallest absolute Gasteiger partial charge is 0.361 e. The highest BCUT2D eigenvalue weighted by atomic mass is 16.7. The van der Waals surface area contributed by atoms with Gasteiger partial charge in [-0.3, -0.25) is 9.59 Å². The minimum atomic E-state index is -1.51. The number of quaternary nitrogens is 1. The SMILES string of the molecule is CC/C=C\C/C=C\C/C=C\C/C=C\C/C=C\C/C=C\C/C=C\C/C=C\CCCCCCCCCCCCC(=O)OC(COC(=O)CCCCCCCCCCCCCCC)COC(OCC[N+](C)(C)C)C(=O)O. The van der Waals surface area contributed by atoms with E-state index in [4.69, 9.17) is 18.9 Å². The van der Waals surface area contributed by atoms with Crippen molar-refractivity contribution in [2.75, 3.05) is 47.5 Å². The molecule has 0 aliphatic rings. The molecule has 0 aromatic carbocycles. The molecule has 418 valence electrons. The van der Waals surface area contributed by atoms with Crippen molar-refractivity contribution < 1.29 is 42.9 Å². The first-order valence-electron chi connectivity index (χ1n) is 29.4. The lowest BCUT2D eigenvalue weighted by molar-refractivity contribution is -0.870. The second kappa shape index (κ2) is 54.5. The van der Waals surface area contributed by atoms with Crippen LogP contribution in [0.4, 0.5) is 0 Å². The van der Waals surface area contributed by atoms with E-state index in [9.17, 15) is 19.5 Å². The highest BCUT2D eigenvalue weighted by Crippen LogP contribution is 2.16. The number of carbonyl (C=O) groups is 3. The number of carbonyl (C=O) groups excluding carboxylic acids is 2. The van der Waals surface area contributed by atoms with E-state index in [1.54, 1.807) is 0 Å². The molecule has 0 amide bonds. The van der Waals surface area contributed by atoms with Gasteiger partial charge < -0.3 is 28.5 Å². The number of rotatable bonds is 53. The van der Waals surface area contributed by atoms with Gasteiger partial charge in [0.05, 0.1) is 34.4 Å². The second-order valence-corrected chi connectivity index (χ2v) is 20.6. The van der Waals surface area contributed by atoms with Crippen LogP contribution < -0.4 is 0 Å². The number of nitrogens with zero attached hydrogens (tertiary/aromatic N) is 1. The van der Waals surface area contributed by atoms with Gasteiger partial charge in [-0.05, 0) is 77.0 Å². The highest BCUT2D eigenvalue weighted by Gasteiger charge is 2.25. The summed E-state index contributed by atoms with van der Waals surface area (Å²) in [6.07, 6.45) is 70.6. The zero-order valence-corrected chi connectivity index (χ0v) is 47.5. The topological polar surface area (TPSA) is 108 Å². The number of unbranched alkanes of at least 4 members (excludes halogenated alkanes) is 22. The number of allylic oxidation sites excluding steroid dienone is 16. The summed E-state index contributed by atoms with van der Waals surface area (Å²) in [5.41, 5.74) is 0. The maximum absolute atomic E-state index is 12.9. The third kappa shape index (κ3) is 55.8. The summed E-state index contributed by atoms with van der Waals surface area (Å²) in [5.74, 6) is -2.01. The number of esters is 2. The van der Waals surface area contributed by atoms with Crippen LogP contribution in [-0.4, -0.2) is 87.4 Å². The Kier molecular flexibility index (Phi) is 51.6. The summed E-state index contributed by atoms with van der Waals surface area (Å²) in [4.78, 5) is 37.3. The normalized spacial score (nSPS) is 13.5. The fourth-order valence-corrected chi connectivity index (χ4v) is 7.85. The molecule has 9 heteroatoms. The van der Waals surface area contributed by atoms with Gasteiger partial charge in [-0.15, -0.1) is 0 Å². The van der Waals surface area contributed by atoms with Crippen LogP contribution in [0.15, 0.2) is 97.2 Å². The summed E-state index contributed by atoms with van der Waals surface area (Å²) in [7, 11) is 5.96. The fourth-order valence-electron chi connectivity index (χ4n) is 7.85. The molecule has 0 saturated carbocycles. The van der Waals surface area contributed by atoms with Crippen LogP contribution in [0, 0.1) is 0 Å². The lowest BCUT2D eigenvalue weighted by Crippen LogP contribution is -2.40. The molecule has 9 nitrogen and oxygen atoms in total. The van der Waals surface area contributed by atoms with Crippen molar-refractivity contribution in [1.82, 2.24) is 0 Å². The van der Waals surface area contributed by atoms with Crippen LogP contribution in [0.1, 0.15) is 232 Å². The van der Waals surface area contributed by atoms with E-state index in [0.717, 1.165) is 96.3 Å². The number of carboxylic acid groups (broad SMARTS) is 1. The summed E-state index contributed by atoms with van der Waals surface area (Å²) in [5, 5.41) is 9.69. The summed E-state index contributed by atoms with van der Waals surface area (Å²) in [6, 6.07) is 0. The maximum Gasteiger partial charge on any atom is 0.361 e. The molecule has 1 N–H and O–H groups in total. The first kappa shape index (κ1) is 69.2. The van der Waals surface area contributed by atoms with E-state index < -0.39 is 24.3 Å². The van der Waals surface area contributed by atoms with E-state index in [1.807, 2.05) is 21.1 Å². The second-order valence-electron chi connectivity index (χ2n) is 20.6. The van der Waals surface area contributed by atoms with Gasteiger partial charge in [0, 0.05) is 12.8 Å². The predicted octanol–water partition coefficient (Wildman–Crippen LogP) is 17.3. The fraction of sp³-hybridized carbons (Fsp3) is 0.703. The van der Waals surface area contributed by atoms with Crippen LogP contribution in [0.3, 0.4) is 0 Å². The molecular weight excluding hydrogens is 911 g/mol.